The molecule has 3 N–H and O–H groups in total. The topological polar surface area (TPSA) is 62.6 Å². The lowest BCUT2D eigenvalue weighted by Crippen LogP contribution is -3.11. The molecule has 1 aromatic rings. The van der Waals surface area contributed by atoms with Crippen LogP contribution in [-0.2, 0) is 9.59 Å². The zero-order chi connectivity index (χ0) is 17.5. The zero-order valence-corrected chi connectivity index (χ0v) is 15.0. The number of hydrogen-bond donors (Lipinski definition) is 3. The zero-order valence-electron chi connectivity index (χ0n) is 15.0. The number of anilines is 1. The molecule has 1 aliphatic rings. The summed E-state index contributed by atoms with van der Waals surface area (Å²) in [6.45, 7) is 4.82. The minimum absolute atomic E-state index is 0.0365. The highest BCUT2D eigenvalue weighted by molar-refractivity contribution is 5.91. The van der Waals surface area contributed by atoms with Crippen LogP contribution in [0.15, 0.2) is 24.3 Å². The molecular formula is C19H30N3O2+. The van der Waals surface area contributed by atoms with E-state index in [2.05, 4.69) is 17.6 Å². The Balaban J connectivity index is 1.73. The molecule has 0 bridgehead atoms. The second-order valence-corrected chi connectivity index (χ2v) is 7.16. The number of amides is 2. The summed E-state index contributed by atoms with van der Waals surface area (Å²) in [5, 5.41) is 6.01. The standard InChI is InChI=1S/C19H29N3O2/c1-14-8-10-16(11-9-14)20-18(23)12-22(3)13-19(24)21-17-7-5-4-6-15(17)2/h8-11,15,17H,4-7,12-13H2,1-3H3,(H,20,23)(H,21,24)/p+1/t15-,17-/m0/s1. The summed E-state index contributed by atoms with van der Waals surface area (Å²) in [4.78, 5) is 25.1. The van der Waals surface area contributed by atoms with E-state index in [1.165, 1.54) is 19.3 Å². The van der Waals surface area contributed by atoms with Gasteiger partial charge in [-0.05, 0) is 37.8 Å². The second kappa shape index (κ2) is 8.83. The number of aryl methyl sites for hydroxylation is 1. The highest BCUT2D eigenvalue weighted by Crippen LogP contribution is 2.23. The number of quaternary nitrogens is 1. The Morgan fingerprint density at radius 1 is 1.08 bits per heavy atom. The molecule has 24 heavy (non-hydrogen) atoms. The third-order valence-electron chi connectivity index (χ3n) is 4.72. The van der Waals surface area contributed by atoms with Gasteiger partial charge in [0.2, 0.25) is 0 Å². The van der Waals surface area contributed by atoms with Crippen molar-refractivity contribution in [3.05, 3.63) is 29.8 Å². The molecule has 0 aromatic heterocycles. The van der Waals surface area contributed by atoms with Crippen LogP contribution in [0.25, 0.3) is 0 Å². The smallest absolute Gasteiger partial charge is 0.279 e. The maximum atomic E-state index is 12.2. The Morgan fingerprint density at radius 3 is 2.38 bits per heavy atom. The highest BCUT2D eigenvalue weighted by atomic mass is 16.2. The quantitative estimate of drug-likeness (QED) is 0.732. The van der Waals surface area contributed by atoms with Crippen molar-refractivity contribution in [3.63, 3.8) is 0 Å². The summed E-state index contributed by atoms with van der Waals surface area (Å²) in [6.07, 6.45) is 4.71. The van der Waals surface area contributed by atoms with Crippen molar-refractivity contribution in [2.75, 3.05) is 25.5 Å². The summed E-state index contributed by atoms with van der Waals surface area (Å²) in [7, 11) is 1.87. The van der Waals surface area contributed by atoms with Crippen LogP contribution < -0.4 is 15.5 Å². The molecule has 2 rings (SSSR count). The fourth-order valence-electron chi connectivity index (χ4n) is 3.24. The van der Waals surface area contributed by atoms with Gasteiger partial charge in [0, 0.05) is 11.7 Å². The SMILES string of the molecule is Cc1ccc(NC(=O)C[NH+](C)CC(=O)N[C@H]2CCCC[C@@H]2C)cc1. The van der Waals surface area contributed by atoms with Gasteiger partial charge >= 0.3 is 0 Å². The molecule has 1 unspecified atom stereocenters. The average molecular weight is 332 g/mol. The summed E-state index contributed by atoms with van der Waals surface area (Å²) in [5.74, 6) is 0.511. The summed E-state index contributed by atoms with van der Waals surface area (Å²) < 4.78 is 0. The summed E-state index contributed by atoms with van der Waals surface area (Å²) in [5.41, 5.74) is 1.95. The van der Waals surface area contributed by atoms with Crippen LogP contribution in [0.5, 0.6) is 0 Å². The van der Waals surface area contributed by atoms with E-state index >= 15 is 0 Å². The van der Waals surface area contributed by atoms with E-state index < -0.39 is 0 Å². The maximum absolute atomic E-state index is 12.2. The number of nitrogens with one attached hydrogen (secondary N) is 3. The lowest BCUT2D eigenvalue weighted by molar-refractivity contribution is -0.862. The predicted molar refractivity (Wildman–Crippen MR) is 96.0 cm³/mol. The molecule has 0 aliphatic heterocycles. The number of carbonyl (C=O) groups is 2. The van der Waals surface area contributed by atoms with Crippen LogP contribution in [0.1, 0.15) is 38.2 Å². The highest BCUT2D eigenvalue weighted by Gasteiger charge is 2.24. The molecule has 0 saturated heterocycles. The monoisotopic (exact) mass is 332 g/mol. The minimum Gasteiger partial charge on any atom is -0.348 e. The van der Waals surface area contributed by atoms with E-state index in [-0.39, 0.29) is 18.4 Å². The van der Waals surface area contributed by atoms with Gasteiger partial charge in [-0.15, -0.1) is 0 Å². The predicted octanol–water partition coefficient (Wildman–Crippen LogP) is 1.14. The van der Waals surface area contributed by atoms with Crippen LogP contribution in [0.3, 0.4) is 0 Å². The molecule has 1 aromatic carbocycles. The van der Waals surface area contributed by atoms with Crippen molar-refractivity contribution in [3.8, 4) is 0 Å². The van der Waals surface area contributed by atoms with E-state index in [1.807, 2.05) is 38.2 Å². The van der Waals surface area contributed by atoms with E-state index in [1.54, 1.807) is 0 Å². The first-order valence-electron chi connectivity index (χ1n) is 8.91. The Bertz CT molecular complexity index is 556. The molecule has 3 atom stereocenters. The van der Waals surface area contributed by atoms with Gasteiger partial charge in [0.25, 0.3) is 11.8 Å². The number of hydrogen-bond acceptors (Lipinski definition) is 2. The molecule has 2 amide bonds. The lowest BCUT2D eigenvalue weighted by Gasteiger charge is -2.29. The van der Waals surface area contributed by atoms with Crippen LogP contribution >= 0.6 is 0 Å². The number of likely N-dealkylation sites (N-methyl/N-ethyl adjacent to an activating group) is 1. The fourth-order valence-corrected chi connectivity index (χ4v) is 3.24. The van der Waals surface area contributed by atoms with Gasteiger partial charge in [-0.2, -0.15) is 0 Å². The van der Waals surface area contributed by atoms with Gasteiger partial charge in [-0.25, -0.2) is 0 Å². The molecule has 0 radical (unpaired) electrons. The first kappa shape index (κ1) is 18.5. The Labute approximate surface area is 144 Å². The van der Waals surface area contributed by atoms with Crippen LogP contribution in [-0.4, -0.2) is 38.0 Å². The lowest BCUT2D eigenvalue weighted by atomic mass is 9.86. The molecule has 0 spiro atoms. The largest absolute Gasteiger partial charge is 0.348 e. The number of rotatable bonds is 6. The van der Waals surface area contributed by atoms with E-state index in [4.69, 9.17) is 0 Å². The molecule has 132 valence electrons. The van der Waals surface area contributed by atoms with Crippen LogP contribution in [0, 0.1) is 12.8 Å². The second-order valence-electron chi connectivity index (χ2n) is 7.16. The number of carbonyl (C=O) groups excluding carboxylic acids is 2. The van der Waals surface area contributed by atoms with Crippen molar-refractivity contribution < 1.29 is 14.5 Å². The van der Waals surface area contributed by atoms with E-state index in [0.29, 0.717) is 18.5 Å². The third kappa shape index (κ3) is 5.96. The van der Waals surface area contributed by atoms with Crippen LogP contribution in [0.2, 0.25) is 0 Å². The maximum Gasteiger partial charge on any atom is 0.279 e. The van der Waals surface area contributed by atoms with Crippen LogP contribution in [0.4, 0.5) is 5.69 Å². The van der Waals surface area contributed by atoms with Gasteiger partial charge in [0.1, 0.15) is 0 Å². The molecule has 1 aliphatic carbocycles. The number of benzene rings is 1. The molecule has 0 heterocycles. The summed E-state index contributed by atoms with van der Waals surface area (Å²) >= 11 is 0. The Morgan fingerprint density at radius 2 is 1.71 bits per heavy atom. The van der Waals surface area contributed by atoms with Crippen molar-refractivity contribution in [2.24, 2.45) is 5.92 Å². The van der Waals surface area contributed by atoms with Crippen molar-refractivity contribution in [1.29, 1.82) is 0 Å². The van der Waals surface area contributed by atoms with E-state index in [0.717, 1.165) is 22.6 Å². The van der Waals surface area contributed by atoms with Crippen molar-refractivity contribution >= 4 is 17.5 Å². The normalized spacial score (nSPS) is 21.8. The molecule has 5 heteroatoms. The molecule has 1 fully saturated rings. The van der Waals surface area contributed by atoms with Gasteiger partial charge in [-0.1, -0.05) is 37.5 Å². The average Bonchev–Trinajstić information content (AvgIpc) is 2.51. The van der Waals surface area contributed by atoms with E-state index in [9.17, 15) is 9.59 Å². The minimum atomic E-state index is -0.0739. The first-order chi connectivity index (χ1) is 11.4. The van der Waals surface area contributed by atoms with Gasteiger partial charge < -0.3 is 15.5 Å². The summed E-state index contributed by atoms with van der Waals surface area (Å²) in [6, 6.07) is 8.00. The van der Waals surface area contributed by atoms with Crippen molar-refractivity contribution in [2.45, 2.75) is 45.6 Å². The molecule has 5 nitrogen and oxygen atoms in total. The van der Waals surface area contributed by atoms with Crippen molar-refractivity contribution in [1.82, 2.24) is 5.32 Å². The Hall–Kier alpha value is -1.88. The third-order valence-corrected chi connectivity index (χ3v) is 4.72. The molecule has 1 saturated carbocycles. The fraction of sp³-hybridized carbons (Fsp3) is 0.579. The Kier molecular flexibility index (Phi) is 6.79. The van der Waals surface area contributed by atoms with Gasteiger partial charge in [0.05, 0.1) is 7.05 Å². The van der Waals surface area contributed by atoms with Gasteiger partial charge in [-0.3, -0.25) is 9.59 Å². The van der Waals surface area contributed by atoms with Gasteiger partial charge in [0.15, 0.2) is 13.1 Å². The molecular weight excluding hydrogens is 302 g/mol. The first-order valence-corrected chi connectivity index (χ1v) is 8.91.